The van der Waals surface area contributed by atoms with Gasteiger partial charge in [0.25, 0.3) is 0 Å². The Morgan fingerprint density at radius 3 is 3.25 bits per heavy atom. The minimum absolute atomic E-state index is 0.942. The van der Waals surface area contributed by atoms with Crippen molar-refractivity contribution in [1.29, 1.82) is 0 Å². The quantitative estimate of drug-likeness (QED) is 0.638. The molecule has 0 fully saturated rings. The van der Waals surface area contributed by atoms with Crippen molar-refractivity contribution < 1.29 is 4.42 Å². The minimum Gasteiger partial charge on any atom is -0.462 e. The van der Waals surface area contributed by atoms with E-state index in [2.05, 4.69) is 10.2 Å². The molecule has 1 N–H and O–H groups in total. The summed E-state index contributed by atoms with van der Waals surface area (Å²) in [6.07, 6.45) is 5.81. The summed E-state index contributed by atoms with van der Waals surface area (Å²) in [7, 11) is 0. The second-order valence-electron chi connectivity index (χ2n) is 3.03. The molecule has 0 aromatic carbocycles. The molecule has 0 bridgehead atoms. The molecular formula is C9H8N2O. The van der Waals surface area contributed by atoms with Crippen LogP contribution in [0.1, 0.15) is 11.1 Å². The number of furan rings is 1. The number of aryl methyl sites for hydroxylation is 2. The zero-order chi connectivity index (χ0) is 7.97. The van der Waals surface area contributed by atoms with Gasteiger partial charge in [-0.25, -0.2) is 0 Å². The Labute approximate surface area is 69.4 Å². The highest BCUT2D eigenvalue weighted by Gasteiger charge is 2.20. The predicted molar refractivity (Wildman–Crippen MR) is 43.7 cm³/mol. The summed E-state index contributed by atoms with van der Waals surface area (Å²) in [5.74, 6) is 0.942. The monoisotopic (exact) mass is 160 g/mol. The molecule has 0 saturated heterocycles. The van der Waals surface area contributed by atoms with Crippen molar-refractivity contribution in [2.45, 2.75) is 12.8 Å². The Balaban J connectivity index is 2.32. The third-order valence-electron chi connectivity index (χ3n) is 2.34. The molecule has 0 unspecified atom stereocenters. The number of aromatic nitrogens is 2. The van der Waals surface area contributed by atoms with E-state index in [0.29, 0.717) is 0 Å². The van der Waals surface area contributed by atoms with Crippen LogP contribution in [0.25, 0.3) is 11.5 Å². The molecule has 12 heavy (non-hydrogen) atoms. The summed E-state index contributed by atoms with van der Waals surface area (Å²) in [4.78, 5) is 0. The lowest BCUT2D eigenvalue weighted by molar-refractivity contribution is 0.573. The van der Waals surface area contributed by atoms with Crippen LogP contribution in [0.15, 0.2) is 22.9 Å². The highest BCUT2D eigenvalue weighted by atomic mass is 16.3. The van der Waals surface area contributed by atoms with Crippen molar-refractivity contribution in [2.75, 3.05) is 0 Å². The fourth-order valence-corrected chi connectivity index (χ4v) is 1.71. The van der Waals surface area contributed by atoms with Gasteiger partial charge in [-0.2, -0.15) is 5.10 Å². The van der Waals surface area contributed by atoms with Gasteiger partial charge in [0.15, 0.2) is 5.76 Å². The largest absolute Gasteiger partial charge is 0.462 e. The van der Waals surface area contributed by atoms with Crippen LogP contribution < -0.4 is 0 Å². The maximum atomic E-state index is 5.36. The highest BCUT2D eigenvalue weighted by Crippen LogP contribution is 2.31. The SMILES string of the molecule is c1cc2c(o1)-c1n[nH]cc1CC2. The zero-order valence-corrected chi connectivity index (χ0v) is 6.50. The zero-order valence-electron chi connectivity index (χ0n) is 6.50. The second kappa shape index (κ2) is 2.00. The summed E-state index contributed by atoms with van der Waals surface area (Å²) in [6, 6.07) is 2.02. The van der Waals surface area contributed by atoms with Crippen LogP contribution in [0, 0.1) is 0 Å². The maximum Gasteiger partial charge on any atom is 0.157 e. The molecule has 0 aliphatic heterocycles. The number of nitrogens with zero attached hydrogens (tertiary/aromatic N) is 1. The molecule has 1 aliphatic rings. The van der Waals surface area contributed by atoms with Crippen LogP contribution in [0.3, 0.4) is 0 Å². The first-order chi connectivity index (χ1) is 5.95. The molecule has 3 heteroatoms. The van der Waals surface area contributed by atoms with Crippen molar-refractivity contribution in [3.05, 3.63) is 29.7 Å². The number of nitrogens with one attached hydrogen (secondary N) is 1. The number of aromatic amines is 1. The number of rotatable bonds is 0. The first kappa shape index (κ1) is 6.06. The molecule has 3 nitrogen and oxygen atoms in total. The van der Waals surface area contributed by atoms with Crippen molar-refractivity contribution in [3.63, 3.8) is 0 Å². The van der Waals surface area contributed by atoms with Gasteiger partial charge in [-0.05, 0) is 18.9 Å². The lowest BCUT2D eigenvalue weighted by Gasteiger charge is -2.07. The van der Waals surface area contributed by atoms with Gasteiger partial charge in [0.05, 0.1) is 6.26 Å². The molecule has 1 aliphatic carbocycles. The molecular weight excluding hydrogens is 152 g/mol. The Morgan fingerprint density at radius 2 is 2.25 bits per heavy atom. The van der Waals surface area contributed by atoms with Crippen LogP contribution >= 0.6 is 0 Å². The van der Waals surface area contributed by atoms with Crippen LogP contribution in [0.4, 0.5) is 0 Å². The average molecular weight is 160 g/mol. The van der Waals surface area contributed by atoms with Gasteiger partial charge >= 0.3 is 0 Å². The molecule has 0 spiro atoms. The van der Waals surface area contributed by atoms with Crippen molar-refractivity contribution in [2.24, 2.45) is 0 Å². The smallest absolute Gasteiger partial charge is 0.157 e. The van der Waals surface area contributed by atoms with E-state index < -0.39 is 0 Å². The fraction of sp³-hybridized carbons (Fsp3) is 0.222. The molecule has 2 heterocycles. The van der Waals surface area contributed by atoms with E-state index in [1.807, 2.05) is 12.3 Å². The fourth-order valence-electron chi connectivity index (χ4n) is 1.71. The lowest BCUT2D eigenvalue weighted by Crippen LogP contribution is -1.99. The number of H-pyrrole nitrogens is 1. The highest BCUT2D eigenvalue weighted by molar-refractivity contribution is 5.63. The van der Waals surface area contributed by atoms with Gasteiger partial charge in [0, 0.05) is 17.3 Å². The van der Waals surface area contributed by atoms with Crippen LogP contribution in [0.2, 0.25) is 0 Å². The Morgan fingerprint density at radius 1 is 1.33 bits per heavy atom. The van der Waals surface area contributed by atoms with E-state index >= 15 is 0 Å². The van der Waals surface area contributed by atoms with E-state index in [0.717, 1.165) is 24.3 Å². The van der Waals surface area contributed by atoms with Gasteiger partial charge in [-0.15, -0.1) is 0 Å². The van der Waals surface area contributed by atoms with Crippen molar-refractivity contribution in [1.82, 2.24) is 10.2 Å². The summed E-state index contributed by atoms with van der Waals surface area (Å²) in [6.45, 7) is 0. The molecule has 60 valence electrons. The minimum atomic E-state index is 0.942. The topological polar surface area (TPSA) is 41.8 Å². The van der Waals surface area contributed by atoms with Crippen molar-refractivity contribution in [3.8, 4) is 11.5 Å². The van der Waals surface area contributed by atoms with Gasteiger partial charge in [-0.1, -0.05) is 0 Å². The van der Waals surface area contributed by atoms with Gasteiger partial charge < -0.3 is 4.42 Å². The summed E-state index contributed by atoms with van der Waals surface area (Å²) in [5.41, 5.74) is 3.52. The first-order valence-corrected chi connectivity index (χ1v) is 4.04. The molecule has 0 saturated carbocycles. The third kappa shape index (κ3) is 0.630. The van der Waals surface area contributed by atoms with Gasteiger partial charge in [0.1, 0.15) is 5.69 Å². The molecule has 0 atom stereocenters. The predicted octanol–water partition coefficient (Wildman–Crippen LogP) is 1.77. The van der Waals surface area contributed by atoms with Crippen LogP contribution in [-0.4, -0.2) is 10.2 Å². The van der Waals surface area contributed by atoms with Gasteiger partial charge in [0.2, 0.25) is 0 Å². The van der Waals surface area contributed by atoms with E-state index in [4.69, 9.17) is 4.42 Å². The van der Waals surface area contributed by atoms with Crippen LogP contribution in [0.5, 0.6) is 0 Å². The lowest BCUT2D eigenvalue weighted by atomic mass is 9.97. The number of fused-ring (bicyclic) bond motifs is 3. The maximum absolute atomic E-state index is 5.36. The second-order valence-corrected chi connectivity index (χ2v) is 3.03. The number of hydrogen-bond donors (Lipinski definition) is 1. The van der Waals surface area contributed by atoms with Crippen LogP contribution in [-0.2, 0) is 12.8 Å². The van der Waals surface area contributed by atoms with E-state index in [1.54, 1.807) is 6.26 Å². The van der Waals surface area contributed by atoms with E-state index in [1.165, 1.54) is 11.1 Å². The van der Waals surface area contributed by atoms with E-state index in [-0.39, 0.29) is 0 Å². The third-order valence-corrected chi connectivity index (χ3v) is 2.34. The Bertz CT molecular complexity index is 373. The normalized spacial score (nSPS) is 14.0. The Hall–Kier alpha value is -1.51. The van der Waals surface area contributed by atoms with Crippen molar-refractivity contribution >= 4 is 0 Å². The molecule has 0 amide bonds. The summed E-state index contributed by atoms with van der Waals surface area (Å²) < 4.78 is 5.36. The standard InChI is InChI=1S/C9H8N2O/c1-2-7-5-10-11-8(7)9-6(1)3-4-12-9/h3-5H,1-2H2,(H,10,11). The average Bonchev–Trinajstić information content (AvgIpc) is 2.71. The Kier molecular flexibility index (Phi) is 1.01. The van der Waals surface area contributed by atoms with E-state index in [9.17, 15) is 0 Å². The molecule has 2 aromatic heterocycles. The molecule has 0 radical (unpaired) electrons. The number of hydrogen-bond acceptors (Lipinski definition) is 2. The molecule has 3 rings (SSSR count). The summed E-state index contributed by atoms with van der Waals surface area (Å²) in [5, 5.41) is 7.01. The first-order valence-electron chi connectivity index (χ1n) is 4.04. The molecule has 2 aromatic rings. The summed E-state index contributed by atoms with van der Waals surface area (Å²) >= 11 is 0. The van der Waals surface area contributed by atoms with Gasteiger partial charge in [-0.3, -0.25) is 5.10 Å².